The van der Waals surface area contributed by atoms with Crippen LogP contribution >= 0.6 is 11.6 Å². The van der Waals surface area contributed by atoms with Crippen molar-refractivity contribution in [2.45, 2.75) is 4.90 Å². The summed E-state index contributed by atoms with van der Waals surface area (Å²) in [5.41, 5.74) is 1.23. The molecule has 0 spiro atoms. The fraction of sp³-hybridized carbons (Fsp3) is 0.0714. The zero-order valence-corrected chi connectivity index (χ0v) is 13.6. The highest BCUT2D eigenvalue weighted by Gasteiger charge is 2.14. The molecule has 118 valence electrons. The minimum atomic E-state index is -3.66. The van der Waals surface area contributed by atoms with Gasteiger partial charge in [0, 0.05) is 23.3 Å². The molecular weight excluding hydrogens is 338 g/mol. The van der Waals surface area contributed by atoms with Crippen LogP contribution < -0.4 is 4.72 Å². The molecule has 0 unspecified atom stereocenters. The van der Waals surface area contributed by atoms with Gasteiger partial charge in [0.2, 0.25) is 0 Å². The first-order valence-corrected chi connectivity index (χ1v) is 8.43. The second kappa shape index (κ2) is 5.98. The van der Waals surface area contributed by atoms with Crippen molar-refractivity contribution in [3.05, 3.63) is 53.6 Å². The molecule has 0 aliphatic rings. The van der Waals surface area contributed by atoms with Crippen LogP contribution in [0.25, 0.3) is 11.4 Å². The Morgan fingerprint density at radius 1 is 1.04 bits per heavy atom. The van der Waals surface area contributed by atoms with E-state index in [1.165, 1.54) is 28.9 Å². The number of benzene rings is 2. The van der Waals surface area contributed by atoms with Gasteiger partial charge in [0.05, 0.1) is 4.90 Å². The summed E-state index contributed by atoms with van der Waals surface area (Å²) in [6.07, 6.45) is 0. The largest absolute Gasteiger partial charge is 0.280 e. The standard InChI is InChI=1S/C14H12ClN5O2S/c1-20-14(16-18-19-20)10-2-6-12(7-3-10)17-23(21,22)13-8-4-11(15)5-9-13/h2-9,17H,1H3. The van der Waals surface area contributed by atoms with Crippen molar-refractivity contribution in [2.75, 3.05) is 4.72 Å². The van der Waals surface area contributed by atoms with E-state index in [9.17, 15) is 8.42 Å². The van der Waals surface area contributed by atoms with Crippen molar-refractivity contribution in [2.24, 2.45) is 7.05 Å². The Bertz CT molecular complexity index is 921. The highest BCUT2D eigenvalue weighted by Crippen LogP contribution is 2.21. The fourth-order valence-corrected chi connectivity index (χ4v) is 3.17. The highest BCUT2D eigenvalue weighted by atomic mass is 35.5. The Morgan fingerprint density at radius 3 is 2.26 bits per heavy atom. The van der Waals surface area contributed by atoms with E-state index in [0.717, 1.165) is 5.56 Å². The molecule has 0 fully saturated rings. The van der Waals surface area contributed by atoms with Crippen molar-refractivity contribution in [3.63, 3.8) is 0 Å². The number of hydrogen-bond donors (Lipinski definition) is 1. The normalized spacial score (nSPS) is 11.4. The van der Waals surface area contributed by atoms with Gasteiger partial charge in [-0.2, -0.15) is 0 Å². The van der Waals surface area contributed by atoms with Crippen molar-refractivity contribution >= 4 is 27.3 Å². The van der Waals surface area contributed by atoms with Gasteiger partial charge in [0.15, 0.2) is 5.82 Å². The summed E-state index contributed by atoms with van der Waals surface area (Å²) in [6, 6.07) is 12.7. The van der Waals surface area contributed by atoms with E-state index in [-0.39, 0.29) is 4.90 Å². The van der Waals surface area contributed by atoms with E-state index in [0.29, 0.717) is 16.5 Å². The van der Waals surface area contributed by atoms with Gasteiger partial charge in [-0.1, -0.05) is 11.6 Å². The van der Waals surface area contributed by atoms with Crippen LogP contribution in [0.15, 0.2) is 53.4 Å². The maximum absolute atomic E-state index is 12.3. The van der Waals surface area contributed by atoms with Crippen LogP contribution in [0.1, 0.15) is 0 Å². The molecule has 0 saturated heterocycles. The third-order valence-corrected chi connectivity index (χ3v) is 4.79. The van der Waals surface area contributed by atoms with Crippen molar-refractivity contribution < 1.29 is 8.42 Å². The van der Waals surface area contributed by atoms with Crippen LogP contribution in [0.5, 0.6) is 0 Å². The summed E-state index contributed by atoms with van der Waals surface area (Å²) in [5.74, 6) is 0.595. The maximum atomic E-state index is 12.3. The smallest absolute Gasteiger partial charge is 0.261 e. The average Bonchev–Trinajstić information content (AvgIpc) is 2.94. The van der Waals surface area contributed by atoms with Crippen LogP contribution in [-0.4, -0.2) is 28.6 Å². The molecule has 3 aromatic rings. The highest BCUT2D eigenvalue weighted by molar-refractivity contribution is 7.92. The van der Waals surface area contributed by atoms with Gasteiger partial charge in [0.1, 0.15) is 0 Å². The van der Waals surface area contributed by atoms with Gasteiger partial charge >= 0.3 is 0 Å². The first kappa shape index (κ1) is 15.4. The van der Waals surface area contributed by atoms with E-state index in [1.807, 2.05) is 0 Å². The molecule has 0 saturated carbocycles. The lowest BCUT2D eigenvalue weighted by Crippen LogP contribution is -2.12. The minimum absolute atomic E-state index is 0.142. The Kier molecular flexibility index (Phi) is 4.01. The SMILES string of the molecule is Cn1nnnc1-c1ccc(NS(=O)(=O)c2ccc(Cl)cc2)cc1. The molecule has 0 atom stereocenters. The molecule has 0 aliphatic heterocycles. The van der Waals surface area contributed by atoms with E-state index >= 15 is 0 Å². The molecule has 7 nitrogen and oxygen atoms in total. The number of hydrogen-bond acceptors (Lipinski definition) is 5. The van der Waals surface area contributed by atoms with Gasteiger partial charge in [-0.15, -0.1) is 5.10 Å². The number of sulfonamides is 1. The molecule has 0 bridgehead atoms. The van der Waals surface area contributed by atoms with Crippen LogP contribution in [-0.2, 0) is 17.1 Å². The lowest BCUT2D eigenvalue weighted by Gasteiger charge is -2.08. The van der Waals surface area contributed by atoms with Crippen molar-refractivity contribution in [3.8, 4) is 11.4 Å². The first-order chi connectivity index (χ1) is 11.0. The number of halogens is 1. The third kappa shape index (κ3) is 3.33. The van der Waals surface area contributed by atoms with E-state index in [2.05, 4.69) is 20.2 Å². The molecular formula is C14H12ClN5O2S. The Morgan fingerprint density at radius 2 is 1.70 bits per heavy atom. The molecule has 0 amide bonds. The third-order valence-electron chi connectivity index (χ3n) is 3.14. The van der Waals surface area contributed by atoms with Crippen LogP contribution in [0.4, 0.5) is 5.69 Å². The molecule has 23 heavy (non-hydrogen) atoms. The fourth-order valence-electron chi connectivity index (χ4n) is 1.99. The number of nitrogens with zero attached hydrogens (tertiary/aromatic N) is 4. The molecule has 0 radical (unpaired) electrons. The van der Waals surface area contributed by atoms with Crippen molar-refractivity contribution in [1.29, 1.82) is 0 Å². The number of aromatic nitrogens is 4. The van der Waals surface area contributed by atoms with Gasteiger partial charge in [-0.3, -0.25) is 4.72 Å². The Balaban J connectivity index is 1.83. The first-order valence-electron chi connectivity index (χ1n) is 6.57. The lowest BCUT2D eigenvalue weighted by molar-refractivity contribution is 0.601. The van der Waals surface area contributed by atoms with E-state index in [1.54, 1.807) is 31.3 Å². The van der Waals surface area contributed by atoms with Crippen LogP contribution in [0.3, 0.4) is 0 Å². The second-order valence-corrected chi connectivity index (χ2v) is 6.88. The summed E-state index contributed by atoms with van der Waals surface area (Å²) in [4.78, 5) is 0.142. The van der Waals surface area contributed by atoms with Crippen LogP contribution in [0, 0.1) is 0 Å². The molecule has 0 aliphatic carbocycles. The molecule has 1 aromatic heterocycles. The van der Waals surface area contributed by atoms with Crippen LogP contribution in [0.2, 0.25) is 5.02 Å². The minimum Gasteiger partial charge on any atom is -0.280 e. The lowest BCUT2D eigenvalue weighted by atomic mass is 10.2. The number of rotatable bonds is 4. The monoisotopic (exact) mass is 349 g/mol. The Labute approximate surface area is 138 Å². The molecule has 2 aromatic carbocycles. The number of anilines is 1. The summed E-state index contributed by atoms with van der Waals surface area (Å²) < 4.78 is 28.6. The second-order valence-electron chi connectivity index (χ2n) is 4.76. The topological polar surface area (TPSA) is 89.8 Å². The average molecular weight is 350 g/mol. The van der Waals surface area contributed by atoms with Crippen molar-refractivity contribution in [1.82, 2.24) is 20.2 Å². The van der Waals surface area contributed by atoms with E-state index in [4.69, 9.17) is 11.6 Å². The Hall–Kier alpha value is -2.45. The molecule has 3 rings (SSSR count). The summed E-state index contributed by atoms with van der Waals surface area (Å²) >= 11 is 5.77. The van der Waals surface area contributed by atoms with Gasteiger partial charge < -0.3 is 0 Å². The summed E-state index contributed by atoms with van der Waals surface area (Å²) in [7, 11) is -1.93. The quantitative estimate of drug-likeness (QED) is 0.780. The van der Waals surface area contributed by atoms with Gasteiger partial charge in [0.25, 0.3) is 10.0 Å². The number of nitrogens with one attached hydrogen (secondary N) is 1. The summed E-state index contributed by atoms with van der Waals surface area (Å²) in [6.45, 7) is 0. The molecule has 1 N–H and O–H groups in total. The predicted octanol–water partition coefficient (Wildman–Crippen LogP) is 2.33. The summed E-state index contributed by atoms with van der Waals surface area (Å²) in [5, 5.41) is 11.7. The zero-order valence-electron chi connectivity index (χ0n) is 12.0. The predicted molar refractivity (Wildman–Crippen MR) is 86.5 cm³/mol. The molecule has 1 heterocycles. The molecule has 9 heteroatoms. The zero-order chi connectivity index (χ0) is 16.4. The van der Waals surface area contributed by atoms with E-state index < -0.39 is 10.0 Å². The number of aryl methyl sites for hydroxylation is 1. The maximum Gasteiger partial charge on any atom is 0.261 e. The van der Waals surface area contributed by atoms with Gasteiger partial charge in [-0.25, -0.2) is 13.1 Å². The van der Waals surface area contributed by atoms with Gasteiger partial charge in [-0.05, 0) is 59.0 Å². The number of tetrazole rings is 1.